The van der Waals surface area contributed by atoms with Gasteiger partial charge < -0.3 is 14.6 Å². The molecule has 3 heteroatoms. The fourth-order valence-corrected chi connectivity index (χ4v) is 7.31. The third kappa shape index (κ3) is 21.5. The molecule has 0 spiro atoms. The average molecular weight is 655 g/mol. The number of hydrogen-bond donors (Lipinski definition) is 1. The van der Waals surface area contributed by atoms with E-state index in [0.29, 0.717) is 5.92 Å². The highest BCUT2D eigenvalue weighted by Gasteiger charge is 2.48. The van der Waals surface area contributed by atoms with Crippen LogP contribution in [0.15, 0.2) is 48.6 Å². The summed E-state index contributed by atoms with van der Waals surface area (Å²) in [5, 5.41) is 9.75. The van der Waals surface area contributed by atoms with Gasteiger partial charge in [-0.25, -0.2) is 0 Å². The lowest BCUT2D eigenvalue weighted by Gasteiger charge is -2.29. The Hall–Kier alpha value is -1.16. The zero-order valence-corrected chi connectivity index (χ0v) is 31.3. The van der Waals surface area contributed by atoms with Crippen molar-refractivity contribution in [2.75, 3.05) is 6.61 Å². The maximum Gasteiger partial charge on any atom is 0.169 e. The molecule has 2 aliphatic rings. The van der Waals surface area contributed by atoms with E-state index in [4.69, 9.17) is 9.47 Å². The number of unbranched alkanes of at least 4 members (excludes halogenated alkanes) is 18. The van der Waals surface area contributed by atoms with Crippen LogP contribution < -0.4 is 0 Å². The summed E-state index contributed by atoms with van der Waals surface area (Å²) in [6.45, 7) is 4.82. The maximum atomic E-state index is 9.75. The van der Waals surface area contributed by atoms with Crippen LogP contribution in [0, 0.1) is 5.92 Å². The summed E-state index contributed by atoms with van der Waals surface area (Å²) in [4.78, 5) is 0. The van der Waals surface area contributed by atoms with Crippen molar-refractivity contribution in [2.24, 2.45) is 5.92 Å². The fraction of sp³-hybridized carbons (Fsp3) is 0.818. The minimum Gasteiger partial charge on any atom is -0.396 e. The normalized spacial score (nSPS) is 21.3. The summed E-state index contributed by atoms with van der Waals surface area (Å²) in [7, 11) is 0. The molecular formula is C44H78O3. The highest BCUT2D eigenvalue weighted by Crippen LogP contribution is 2.44. The number of fused-ring (bicyclic) bond motifs is 1. The third-order valence-corrected chi connectivity index (χ3v) is 10.3. The van der Waals surface area contributed by atoms with Crippen molar-refractivity contribution in [1.82, 2.24) is 0 Å². The van der Waals surface area contributed by atoms with Gasteiger partial charge in [0.25, 0.3) is 0 Å². The van der Waals surface area contributed by atoms with E-state index in [-0.39, 0.29) is 24.6 Å². The van der Waals surface area contributed by atoms with E-state index in [1.165, 1.54) is 141 Å². The number of aliphatic hydroxyl groups excluding tert-OH is 1. The number of aliphatic hydroxyl groups is 1. The van der Waals surface area contributed by atoms with Crippen molar-refractivity contribution in [2.45, 2.75) is 218 Å². The molecule has 1 heterocycles. The number of ether oxygens (including phenoxy) is 2. The maximum absolute atomic E-state index is 9.75. The van der Waals surface area contributed by atoms with E-state index in [9.17, 15) is 5.11 Å². The molecule has 3 atom stereocenters. The van der Waals surface area contributed by atoms with Gasteiger partial charge in [0.05, 0.1) is 12.2 Å². The van der Waals surface area contributed by atoms with Gasteiger partial charge in [-0.2, -0.15) is 0 Å². The van der Waals surface area contributed by atoms with Crippen molar-refractivity contribution in [3.05, 3.63) is 48.6 Å². The van der Waals surface area contributed by atoms with Gasteiger partial charge in [-0.05, 0) is 102 Å². The zero-order chi connectivity index (χ0) is 33.5. The predicted molar refractivity (Wildman–Crippen MR) is 205 cm³/mol. The quantitative estimate of drug-likeness (QED) is 0.0597. The zero-order valence-electron chi connectivity index (χ0n) is 31.3. The third-order valence-electron chi connectivity index (χ3n) is 10.3. The van der Waals surface area contributed by atoms with Gasteiger partial charge in [0, 0.05) is 19.4 Å². The Bertz CT molecular complexity index is 763. The molecule has 272 valence electrons. The van der Waals surface area contributed by atoms with E-state index >= 15 is 0 Å². The highest BCUT2D eigenvalue weighted by molar-refractivity contribution is 4.94. The van der Waals surface area contributed by atoms with Crippen LogP contribution >= 0.6 is 0 Å². The highest BCUT2D eigenvalue weighted by atomic mass is 16.8. The molecule has 0 aromatic rings. The van der Waals surface area contributed by atoms with Crippen LogP contribution in [-0.2, 0) is 9.47 Å². The van der Waals surface area contributed by atoms with Crippen molar-refractivity contribution in [3.8, 4) is 0 Å². The molecule has 0 aromatic heterocycles. The summed E-state index contributed by atoms with van der Waals surface area (Å²) in [6.07, 6.45) is 55.1. The Morgan fingerprint density at radius 2 is 0.894 bits per heavy atom. The largest absolute Gasteiger partial charge is 0.396 e. The van der Waals surface area contributed by atoms with E-state index in [2.05, 4.69) is 62.5 Å². The van der Waals surface area contributed by atoms with Crippen LogP contribution in [0.25, 0.3) is 0 Å². The predicted octanol–water partition coefficient (Wildman–Crippen LogP) is 13.7. The first-order chi connectivity index (χ1) is 23.2. The van der Waals surface area contributed by atoms with Gasteiger partial charge in [-0.15, -0.1) is 0 Å². The minimum absolute atomic E-state index is 0.190. The Kier molecular flexibility index (Phi) is 26.6. The van der Waals surface area contributed by atoms with Crippen molar-refractivity contribution < 1.29 is 14.6 Å². The number of hydrogen-bond acceptors (Lipinski definition) is 3. The SMILES string of the molecule is CCCCC/C=C\C/C=C\CCCCCCCCC1(CCCCCCCC/C=C\C/C=C\CCCCC)O[C@H]2C[C@H](CO)CC[C@H]2O1. The molecule has 0 radical (unpaired) electrons. The molecule has 1 saturated carbocycles. The van der Waals surface area contributed by atoms with Crippen LogP contribution in [0.3, 0.4) is 0 Å². The summed E-state index contributed by atoms with van der Waals surface area (Å²) in [6, 6.07) is 0. The Labute approximate surface area is 293 Å². The summed E-state index contributed by atoms with van der Waals surface area (Å²) in [5.74, 6) is 0.0174. The van der Waals surface area contributed by atoms with Crippen LogP contribution in [0.1, 0.15) is 200 Å². The Morgan fingerprint density at radius 1 is 0.489 bits per heavy atom. The van der Waals surface area contributed by atoms with Crippen molar-refractivity contribution in [1.29, 1.82) is 0 Å². The van der Waals surface area contributed by atoms with Gasteiger partial charge in [-0.1, -0.05) is 140 Å². The minimum atomic E-state index is -0.371. The topological polar surface area (TPSA) is 38.7 Å². The van der Waals surface area contributed by atoms with Gasteiger partial charge in [-0.3, -0.25) is 0 Å². The summed E-state index contributed by atoms with van der Waals surface area (Å²) >= 11 is 0. The lowest BCUT2D eigenvalue weighted by molar-refractivity contribution is -0.186. The van der Waals surface area contributed by atoms with Crippen molar-refractivity contribution in [3.63, 3.8) is 0 Å². The molecule has 47 heavy (non-hydrogen) atoms. The molecule has 2 rings (SSSR count). The molecule has 0 unspecified atom stereocenters. The first-order valence-electron chi connectivity index (χ1n) is 20.8. The number of rotatable bonds is 31. The lowest BCUT2D eigenvalue weighted by atomic mass is 9.86. The monoisotopic (exact) mass is 655 g/mol. The van der Waals surface area contributed by atoms with Crippen LogP contribution in [0.5, 0.6) is 0 Å². The van der Waals surface area contributed by atoms with Gasteiger partial charge >= 0.3 is 0 Å². The lowest BCUT2D eigenvalue weighted by Crippen LogP contribution is -2.32. The summed E-state index contributed by atoms with van der Waals surface area (Å²) in [5.41, 5.74) is 0. The standard InChI is InChI=1S/C44H78O3/c1-3-5-7-9-11-13-15-17-19-21-23-25-27-29-31-33-37-44(46-42-36-35-41(40-45)39-43(42)47-44)38-34-32-30-28-26-24-22-20-18-16-14-12-10-8-6-4-2/h11-14,17-20,41-43,45H,3-10,15-16,21-40H2,1-2H3/b13-11-,14-12-,19-17-,20-18-/t41-,42-,43+/m1/s1. The van der Waals surface area contributed by atoms with Crippen LogP contribution in [0.4, 0.5) is 0 Å². The molecule has 1 N–H and O–H groups in total. The average Bonchev–Trinajstić information content (AvgIpc) is 3.45. The second-order valence-electron chi connectivity index (χ2n) is 14.8. The van der Waals surface area contributed by atoms with Gasteiger partial charge in [0.15, 0.2) is 5.79 Å². The van der Waals surface area contributed by atoms with E-state index < -0.39 is 0 Å². The molecule has 1 aliphatic heterocycles. The Balaban J connectivity index is 1.56. The molecule has 2 fully saturated rings. The summed E-state index contributed by atoms with van der Waals surface area (Å²) < 4.78 is 13.5. The Morgan fingerprint density at radius 3 is 1.34 bits per heavy atom. The second-order valence-corrected chi connectivity index (χ2v) is 14.8. The second kappa shape index (κ2) is 29.7. The molecule has 3 nitrogen and oxygen atoms in total. The van der Waals surface area contributed by atoms with Crippen LogP contribution in [-0.4, -0.2) is 29.7 Å². The molecule has 1 aliphatic carbocycles. The van der Waals surface area contributed by atoms with E-state index in [1.807, 2.05) is 0 Å². The molecule has 0 bridgehead atoms. The van der Waals surface area contributed by atoms with Crippen molar-refractivity contribution >= 4 is 0 Å². The molecule has 1 saturated heterocycles. The first-order valence-corrected chi connectivity index (χ1v) is 20.8. The fourth-order valence-electron chi connectivity index (χ4n) is 7.31. The molecule has 0 aromatic carbocycles. The smallest absolute Gasteiger partial charge is 0.169 e. The van der Waals surface area contributed by atoms with Crippen LogP contribution in [0.2, 0.25) is 0 Å². The van der Waals surface area contributed by atoms with Gasteiger partial charge in [0.2, 0.25) is 0 Å². The van der Waals surface area contributed by atoms with E-state index in [0.717, 1.165) is 44.9 Å². The first kappa shape index (κ1) is 42.0. The molecular weight excluding hydrogens is 576 g/mol. The van der Waals surface area contributed by atoms with Gasteiger partial charge in [0.1, 0.15) is 0 Å². The van der Waals surface area contributed by atoms with E-state index in [1.54, 1.807) is 0 Å². The number of allylic oxidation sites excluding steroid dienone is 8. The molecule has 0 amide bonds.